The Labute approximate surface area is 136 Å². The molecule has 0 spiro atoms. The van der Waals surface area contributed by atoms with Gasteiger partial charge in [0.2, 0.25) is 5.91 Å². The van der Waals surface area contributed by atoms with E-state index in [-0.39, 0.29) is 5.91 Å². The third-order valence-corrected chi connectivity index (χ3v) is 3.44. The van der Waals surface area contributed by atoms with Crippen LogP contribution in [-0.2, 0) is 11.3 Å². The van der Waals surface area contributed by atoms with E-state index in [1.165, 1.54) is 0 Å². The van der Waals surface area contributed by atoms with Gasteiger partial charge in [-0.05, 0) is 30.2 Å². The minimum Gasteiger partial charge on any atom is -0.493 e. The summed E-state index contributed by atoms with van der Waals surface area (Å²) in [5.41, 5.74) is 7.68. The van der Waals surface area contributed by atoms with Gasteiger partial charge < -0.3 is 20.5 Å². The van der Waals surface area contributed by atoms with Crippen molar-refractivity contribution in [3.63, 3.8) is 0 Å². The van der Waals surface area contributed by atoms with Gasteiger partial charge in [-0.15, -0.1) is 0 Å². The number of carbonyl (C=O) groups is 1. The van der Waals surface area contributed by atoms with Gasteiger partial charge in [-0.25, -0.2) is 0 Å². The number of rotatable bonds is 7. The zero-order chi connectivity index (χ0) is 16.7. The molecule has 0 saturated carbocycles. The average molecular weight is 314 g/mol. The number of amides is 1. The van der Waals surface area contributed by atoms with Gasteiger partial charge in [-0.3, -0.25) is 4.79 Å². The molecule has 122 valence electrons. The van der Waals surface area contributed by atoms with Crippen LogP contribution in [0.15, 0.2) is 48.5 Å². The van der Waals surface area contributed by atoms with Crippen LogP contribution in [0.25, 0.3) is 0 Å². The van der Waals surface area contributed by atoms with Crippen molar-refractivity contribution in [1.29, 1.82) is 0 Å². The second-order valence-electron chi connectivity index (χ2n) is 5.02. The predicted octanol–water partition coefficient (Wildman–Crippen LogP) is 2.41. The summed E-state index contributed by atoms with van der Waals surface area (Å²) in [4.78, 5) is 12.2. The Bertz CT molecular complexity index is 644. The minimum absolute atomic E-state index is 0.218. The van der Waals surface area contributed by atoms with E-state index in [9.17, 15) is 4.79 Å². The van der Waals surface area contributed by atoms with E-state index < -0.39 is 6.04 Å². The first kappa shape index (κ1) is 16.8. The lowest BCUT2D eigenvalue weighted by Gasteiger charge is -2.14. The molecule has 3 N–H and O–H groups in total. The van der Waals surface area contributed by atoms with Crippen molar-refractivity contribution in [2.45, 2.75) is 19.5 Å². The van der Waals surface area contributed by atoms with Gasteiger partial charge in [-0.2, -0.15) is 0 Å². The number of hydrogen-bond acceptors (Lipinski definition) is 4. The first-order chi connectivity index (χ1) is 11.2. The third kappa shape index (κ3) is 4.47. The van der Waals surface area contributed by atoms with Crippen molar-refractivity contribution in [1.82, 2.24) is 5.32 Å². The standard InChI is InChI=1S/C18H22N2O3/c1-3-23-16-11-13(9-10-15(16)22-2)12-20-18(21)17(19)14-7-5-4-6-8-14/h4-11,17H,3,12,19H2,1-2H3,(H,20,21). The van der Waals surface area contributed by atoms with E-state index >= 15 is 0 Å². The second kappa shape index (κ2) is 8.19. The molecule has 23 heavy (non-hydrogen) atoms. The Hall–Kier alpha value is -2.53. The van der Waals surface area contributed by atoms with E-state index in [4.69, 9.17) is 15.2 Å². The van der Waals surface area contributed by atoms with Crippen LogP contribution in [0.5, 0.6) is 11.5 Å². The number of benzene rings is 2. The summed E-state index contributed by atoms with van der Waals surface area (Å²) >= 11 is 0. The van der Waals surface area contributed by atoms with Gasteiger partial charge in [0, 0.05) is 6.54 Å². The Morgan fingerprint density at radius 2 is 1.91 bits per heavy atom. The summed E-state index contributed by atoms with van der Waals surface area (Å²) in [6, 6.07) is 14.2. The summed E-state index contributed by atoms with van der Waals surface area (Å²) in [5.74, 6) is 1.11. The number of nitrogens with one attached hydrogen (secondary N) is 1. The molecule has 0 aliphatic heterocycles. The summed E-state index contributed by atoms with van der Waals surface area (Å²) < 4.78 is 10.8. The van der Waals surface area contributed by atoms with E-state index in [1.807, 2.05) is 55.5 Å². The topological polar surface area (TPSA) is 73.6 Å². The van der Waals surface area contributed by atoms with Crippen LogP contribution in [0.3, 0.4) is 0 Å². The molecule has 2 aromatic rings. The molecule has 0 aromatic heterocycles. The number of nitrogens with two attached hydrogens (primary N) is 1. The van der Waals surface area contributed by atoms with Crippen LogP contribution in [-0.4, -0.2) is 19.6 Å². The molecule has 0 aliphatic rings. The van der Waals surface area contributed by atoms with E-state index in [1.54, 1.807) is 7.11 Å². The van der Waals surface area contributed by atoms with Gasteiger partial charge in [-0.1, -0.05) is 36.4 Å². The van der Waals surface area contributed by atoms with E-state index in [0.717, 1.165) is 11.1 Å². The Morgan fingerprint density at radius 3 is 2.57 bits per heavy atom. The summed E-state index contributed by atoms with van der Waals surface area (Å²) in [6.07, 6.45) is 0. The highest BCUT2D eigenvalue weighted by Gasteiger charge is 2.15. The zero-order valence-corrected chi connectivity index (χ0v) is 13.4. The third-order valence-electron chi connectivity index (χ3n) is 3.44. The molecule has 0 radical (unpaired) electrons. The van der Waals surface area contributed by atoms with Crippen molar-refractivity contribution in [3.05, 3.63) is 59.7 Å². The van der Waals surface area contributed by atoms with Gasteiger partial charge in [0.15, 0.2) is 11.5 Å². The zero-order valence-electron chi connectivity index (χ0n) is 13.4. The number of methoxy groups -OCH3 is 1. The maximum Gasteiger partial charge on any atom is 0.241 e. The maximum atomic E-state index is 12.2. The Morgan fingerprint density at radius 1 is 1.17 bits per heavy atom. The van der Waals surface area contributed by atoms with Crippen LogP contribution in [0.2, 0.25) is 0 Å². The van der Waals surface area contributed by atoms with Gasteiger partial charge in [0.05, 0.1) is 13.7 Å². The number of hydrogen-bond donors (Lipinski definition) is 2. The fraction of sp³-hybridized carbons (Fsp3) is 0.278. The van der Waals surface area contributed by atoms with Crippen molar-refractivity contribution in [2.75, 3.05) is 13.7 Å². The lowest BCUT2D eigenvalue weighted by Crippen LogP contribution is -2.33. The van der Waals surface area contributed by atoms with Crippen LogP contribution >= 0.6 is 0 Å². The molecule has 1 unspecified atom stereocenters. The van der Waals surface area contributed by atoms with Gasteiger partial charge >= 0.3 is 0 Å². The predicted molar refractivity (Wildman–Crippen MR) is 89.4 cm³/mol. The highest BCUT2D eigenvalue weighted by molar-refractivity contribution is 5.82. The van der Waals surface area contributed by atoms with Crippen LogP contribution in [0.1, 0.15) is 24.1 Å². The van der Waals surface area contributed by atoms with E-state index in [2.05, 4.69) is 5.32 Å². The molecule has 2 rings (SSSR count). The fourth-order valence-electron chi connectivity index (χ4n) is 2.21. The quantitative estimate of drug-likeness (QED) is 0.823. The molecule has 1 atom stereocenters. The summed E-state index contributed by atoms with van der Waals surface area (Å²) in [5, 5.41) is 2.84. The minimum atomic E-state index is -0.680. The molecule has 0 bridgehead atoms. The molecule has 0 fully saturated rings. The highest BCUT2D eigenvalue weighted by atomic mass is 16.5. The van der Waals surface area contributed by atoms with Gasteiger partial charge in [0.25, 0.3) is 0 Å². The lowest BCUT2D eigenvalue weighted by atomic mass is 10.1. The molecule has 2 aromatic carbocycles. The normalized spacial score (nSPS) is 11.6. The molecule has 0 saturated heterocycles. The van der Waals surface area contributed by atoms with E-state index in [0.29, 0.717) is 24.7 Å². The molecular formula is C18H22N2O3. The fourth-order valence-corrected chi connectivity index (χ4v) is 2.21. The van der Waals surface area contributed by atoms with Crippen LogP contribution in [0, 0.1) is 0 Å². The molecule has 1 amide bonds. The second-order valence-corrected chi connectivity index (χ2v) is 5.02. The maximum absolute atomic E-state index is 12.2. The van der Waals surface area contributed by atoms with Crippen molar-refractivity contribution in [3.8, 4) is 11.5 Å². The molecule has 0 heterocycles. The highest BCUT2D eigenvalue weighted by Crippen LogP contribution is 2.28. The number of ether oxygens (including phenoxy) is 2. The van der Waals surface area contributed by atoms with Crippen LogP contribution in [0.4, 0.5) is 0 Å². The molecule has 5 heteroatoms. The monoisotopic (exact) mass is 314 g/mol. The first-order valence-electron chi connectivity index (χ1n) is 7.53. The number of carbonyl (C=O) groups excluding carboxylic acids is 1. The molecular weight excluding hydrogens is 292 g/mol. The first-order valence-corrected chi connectivity index (χ1v) is 7.53. The Balaban J connectivity index is 2.00. The average Bonchev–Trinajstić information content (AvgIpc) is 2.60. The Kier molecular flexibility index (Phi) is 6.00. The molecule has 0 aliphatic carbocycles. The van der Waals surface area contributed by atoms with Crippen LogP contribution < -0.4 is 20.5 Å². The van der Waals surface area contributed by atoms with Crippen molar-refractivity contribution < 1.29 is 14.3 Å². The SMILES string of the molecule is CCOc1cc(CNC(=O)C(N)c2ccccc2)ccc1OC. The van der Waals surface area contributed by atoms with Crippen molar-refractivity contribution >= 4 is 5.91 Å². The van der Waals surface area contributed by atoms with Gasteiger partial charge in [0.1, 0.15) is 6.04 Å². The summed E-state index contributed by atoms with van der Waals surface area (Å²) in [6.45, 7) is 2.83. The lowest BCUT2D eigenvalue weighted by molar-refractivity contribution is -0.122. The smallest absolute Gasteiger partial charge is 0.241 e. The molecule has 5 nitrogen and oxygen atoms in total. The van der Waals surface area contributed by atoms with Crippen molar-refractivity contribution in [2.24, 2.45) is 5.73 Å². The summed E-state index contributed by atoms with van der Waals surface area (Å²) in [7, 11) is 1.60. The largest absolute Gasteiger partial charge is 0.493 e.